The first-order valence-electron chi connectivity index (χ1n) is 11.1. The molecule has 4 nitrogen and oxygen atoms in total. The van der Waals surface area contributed by atoms with Gasteiger partial charge in [0.25, 0.3) is 0 Å². The lowest BCUT2D eigenvalue weighted by molar-refractivity contribution is -0.147. The number of nitrogens with zero attached hydrogens (tertiary/aromatic N) is 1. The van der Waals surface area contributed by atoms with Crippen molar-refractivity contribution in [2.24, 2.45) is 4.99 Å². The van der Waals surface area contributed by atoms with Crippen molar-refractivity contribution in [1.29, 1.82) is 0 Å². The minimum Gasteiger partial charge on any atom is -0.481 e. The number of nitrogens with one attached hydrogen (secondary N) is 1. The number of hydrogen-bond acceptors (Lipinski definition) is 3. The van der Waals surface area contributed by atoms with Crippen molar-refractivity contribution in [3.05, 3.63) is 83.1 Å². The Morgan fingerprint density at radius 1 is 1.03 bits per heavy atom. The highest BCUT2D eigenvalue weighted by Gasteiger charge is 2.45. The van der Waals surface area contributed by atoms with Crippen molar-refractivity contribution in [3.63, 3.8) is 0 Å². The number of carbonyl (C=O) groups is 1. The van der Waals surface area contributed by atoms with Crippen LogP contribution in [0, 0.1) is 0 Å². The molecule has 0 aromatic heterocycles. The van der Waals surface area contributed by atoms with Gasteiger partial charge in [-0.25, -0.2) is 0 Å². The molecule has 2 saturated carbocycles. The van der Waals surface area contributed by atoms with Crippen molar-refractivity contribution in [2.45, 2.75) is 57.8 Å². The van der Waals surface area contributed by atoms with Crippen LogP contribution in [0.4, 0.5) is 5.69 Å². The highest BCUT2D eigenvalue weighted by Crippen LogP contribution is 2.44. The van der Waals surface area contributed by atoms with Crippen LogP contribution in [0.5, 0.6) is 0 Å². The van der Waals surface area contributed by atoms with E-state index in [-0.39, 0.29) is 0 Å². The molecule has 2 aromatic rings. The van der Waals surface area contributed by atoms with Gasteiger partial charge in [-0.05, 0) is 74.8 Å². The Kier molecular flexibility index (Phi) is 6.08. The van der Waals surface area contributed by atoms with Gasteiger partial charge >= 0.3 is 5.97 Å². The smallest absolute Gasteiger partial charge is 0.314 e. The molecule has 4 rings (SSSR count). The highest BCUT2D eigenvalue weighted by molar-refractivity contribution is 6.05. The van der Waals surface area contributed by atoms with Crippen molar-refractivity contribution in [1.82, 2.24) is 0 Å². The van der Waals surface area contributed by atoms with Crippen LogP contribution < -0.4 is 5.32 Å². The molecule has 0 aliphatic heterocycles. The molecule has 0 bridgehead atoms. The SMILES string of the molecule is C\C=C(/N=C1\CCC\C1=C(\C)Nc1ccc(C2(C(=O)O)CCC2)cc1)c1ccccc1. The van der Waals surface area contributed by atoms with Gasteiger partial charge in [0.05, 0.1) is 11.1 Å². The lowest BCUT2D eigenvalue weighted by atomic mass is 9.64. The quantitative estimate of drug-likeness (QED) is 0.562. The Morgan fingerprint density at radius 2 is 1.74 bits per heavy atom. The molecule has 0 atom stereocenters. The zero-order valence-corrected chi connectivity index (χ0v) is 18.3. The molecule has 0 amide bonds. The van der Waals surface area contributed by atoms with E-state index in [2.05, 4.69) is 30.4 Å². The Hall–Kier alpha value is -3.14. The molecule has 160 valence electrons. The summed E-state index contributed by atoms with van der Waals surface area (Å²) in [6, 6.07) is 18.2. The number of carboxylic acids is 1. The molecule has 2 aliphatic carbocycles. The van der Waals surface area contributed by atoms with Gasteiger partial charge in [0, 0.05) is 17.1 Å². The van der Waals surface area contributed by atoms with Crippen molar-refractivity contribution in [3.8, 4) is 0 Å². The van der Waals surface area contributed by atoms with E-state index in [9.17, 15) is 9.90 Å². The topological polar surface area (TPSA) is 61.7 Å². The second kappa shape index (κ2) is 8.93. The van der Waals surface area contributed by atoms with Crippen LogP contribution in [0.1, 0.15) is 63.5 Å². The maximum absolute atomic E-state index is 11.8. The molecule has 2 aromatic carbocycles. The summed E-state index contributed by atoms with van der Waals surface area (Å²) in [5.74, 6) is -0.706. The second-order valence-corrected chi connectivity index (χ2v) is 8.50. The van der Waals surface area contributed by atoms with Crippen LogP contribution in [0.15, 0.2) is 76.9 Å². The fourth-order valence-electron chi connectivity index (χ4n) is 4.63. The van der Waals surface area contributed by atoms with Crippen LogP contribution in [0.3, 0.4) is 0 Å². The maximum atomic E-state index is 11.8. The maximum Gasteiger partial charge on any atom is 0.314 e. The van der Waals surface area contributed by atoms with E-state index in [4.69, 9.17) is 4.99 Å². The first-order chi connectivity index (χ1) is 15.0. The van der Waals surface area contributed by atoms with Crippen LogP contribution in [0.25, 0.3) is 5.70 Å². The summed E-state index contributed by atoms with van der Waals surface area (Å²) < 4.78 is 0. The van der Waals surface area contributed by atoms with Crippen molar-refractivity contribution >= 4 is 23.1 Å². The van der Waals surface area contributed by atoms with Crippen molar-refractivity contribution < 1.29 is 9.90 Å². The molecular weight excluding hydrogens is 384 g/mol. The zero-order valence-electron chi connectivity index (χ0n) is 18.3. The molecule has 0 radical (unpaired) electrons. The van der Waals surface area contributed by atoms with Gasteiger partial charge in [-0.2, -0.15) is 0 Å². The summed E-state index contributed by atoms with van der Waals surface area (Å²) in [7, 11) is 0. The van der Waals surface area contributed by atoms with Gasteiger partial charge in [-0.1, -0.05) is 55.0 Å². The van der Waals surface area contributed by atoms with Gasteiger partial charge < -0.3 is 10.4 Å². The fourth-order valence-corrected chi connectivity index (χ4v) is 4.63. The van der Waals surface area contributed by atoms with E-state index in [0.717, 1.165) is 72.4 Å². The molecule has 0 saturated heterocycles. The van der Waals surface area contributed by atoms with E-state index >= 15 is 0 Å². The molecule has 0 spiro atoms. The van der Waals surface area contributed by atoms with Crippen LogP contribution in [0.2, 0.25) is 0 Å². The normalized spacial score (nSPS) is 21.0. The number of carboxylic acid groups (broad SMARTS) is 1. The van der Waals surface area contributed by atoms with E-state index in [1.54, 1.807) is 0 Å². The molecule has 0 unspecified atom stereocenters. The van der Waals surface area contributed by atoms with Crippen LogP contribution >= 0.6 is 0 Å². The van der Waals surface area contributed by atoms with E-state index in [1.165, 1.54) is 5.57 Å². The molecule has 2 N–H and O–H groups in total. The fraction of sp³-hybridized carbons (Fsp3) is 0.333. The monoisotopic (exact) mass is 414 g/mol. The predicted molar refractivity (Wildman–Crippen MR) is 127 cm³/mol. The highest BCUT2D eigenvalue weighted by atomic mass is 16.4. The average Bonchev–Trinajstić information content (AvgIpc) is 3.21. The van der Waals surface area contributed by atoms with Crippen molar-refractivity contribution in [2.75, 3.05) is 5.32 Å². The second-order valence-electron chi connectivity index (χ2n) is 8.50. The summed E-state index contributed by atoms with van der Waals surface area (Å²) in [5.41, 5.74) is 6.89. The molecule has 31 heavy (non-hydrogen) atoms. The molecule has 2 aliphatic rings. The minimum absolute atomic E-state index is 0.683. The third-order valence-corrected chi connectivity index (χ3v) is 6.63. The molecule has 2 fully saturated rings. The third-order valence-electron chi connectivity index (χ3n) is 6.63. The number of hydrogen-bond donors (Lipinski definition) is 2. The zero-order chi connectivity index (χ0) is 21.8. The van der Waals surface area contributed by atoms with Crippen LogP contribution in [-0.2, 0) is 10.2 Å². The van der Waals surface area contributed by atoms with Gasteiger partial charge in [-0.15, -0.1) is 0 Å². The van der Waals surface area contributed by atoms with Gasteiger partial charge in [0.2, 0.25) is 0 Å². The summed E-state index contributed by atoms with van der Waals surface area (Å²) in [5, 5.41) is 13.2. The summed E-state index contributed by atoms with van der Waals surface area (Å²) in [6.45, 7) is 4.13. The van der Waals surface area contributed by atoms with E-state index in [1.807, 2.05) is 49.4 Å². The number of anilines is 1. The first kappa shape index (κ1) is 21.1. The number of rotatable bonds is 6. The number of aliphatic imine (C=N–C) groups is 1. The largest absolute Gasteiger partial charge is 0.481 e. The minimum atomic E-state index is -0.706. The first-order valence-corrected chi connectivity index (χ1v) is 11.1. The Balaban J connectivity index is 1.54. The lowest BCUT2D eigenvalue weighted by Gasteiger charge is -2.38. The Bertz CT molecular complexity index is 1040. The summed E-state index contributed by atoms with van der Waals surface area (Å²) in [4.78, 5) is 16.8. The lowest BCUT2D eigenvalue weighted by Crippen LogP contribution is -2.42. The number of benzene rings is 2. The summed E-state index contributed by atoms with van der Waals surface area (Å²) >= 11 is 0. The van der Waals surface area contributed by atoms with Crippen LogP contribution in [-0.4, -0.2) is 16.8 Å². The average molecular weight is 415 g/mol. The summed E-state index contributed by atoms with van der Waals surface area (Å²) in [6.07, 6.45) is 7.62. The predicted octanol–water partition coefficient (Wildman–Crippen LogP) is 6.56. The molecular formula is C27H30N2O2. The van der Waals surface area contributed by atoms with Gasteiger partial charge in [-0.3, -0.25) is 9.79 Å². The van der Waals surface area contributed by atoms with E-state index in [0.29, 0.717) is 0 Å². The van der Waals surface area contributed by atoms with Gasteiger partial charge in [0.15, 0.2) is 0 Å². The molecule has 4 heteroatoms. The third kappa shape index (κ3) is 4.20. The molecule has 0 heterocycles. The Labute approximate surface area is 184 Å². The van der Waals surface area contributed by atoms with E-state index < -0.39 is 11.4 Å². The number of allylic oxidation sites excluding steroid dienone is 3. The number of aliphatic carboxylic acids is 1. The Morgan fingerprint density at radius 3 is 2.32 bits per heavy atom. The standard InChI is InChI=1S/C27H30N2O2/c1-3-24(20-9-5-4-6-10-20)29-25-12-7-11-23(25)19(2)28-22-15-13-21(14-16-22)27(26(30)31)17-8-18-27/h3-6,9-10,13-16,28H,7-8,11-12,17-18H2,1-2H3,(H,30,31)/b23-19+,24-3-,29-25+. The van der Waals surface area contributed by atoms with Gasteiger partial charge in [0.1, 0.15) is 0 Å².